The van der Waals surface area contributed by atoms with Crippen molar-refractivity contribution in [3.8, 4) is 0 Å². The Kier molecular flexibility index (Phi) is 4.52. The molecule has 1 saturated heterocycles. The molecule has 0 aromatic heterocycles. The standard InChI is InChI=1S/C12H18O4/c1-4-5-6-7-9-10(12(14)15-3)8(2)11(13)16-9/h9-10H,2,4-7H2,1,3H3/t9-,10+/m1/s1. The smallest absolute Gasteiger partial charge is 0.334 e. The summed E-state index contributed by atoms with van der Waals surface area (Å²) in [5, 5.41) is 0. The zero-order valence-corrected chi connectivity index (χ0v) is 9.82. The Bertz CT molecular complexity index is 295. The van der Waals surface area contributed by atoms with Gasteiger partial charge in [-0.1, -0.05) is 26.3 Å². The van der Waals surface area contributed by atoms with Crippen molar-refractivity contribution in [1.82, 2.24) is 0 Å². The number of carbonyl (C=O) groups is 2. The van der Waals surface area contributed by atoms with Crippen LogP contribution in [0, 0.1) is 5.92 Å². The van der Waals surface area contributed by atoms with Gasteiger partial charge >= 0.3 is 11.9 Å². The van der Waals surface area contributed by atoms with Crippen LogP contribution in [0.3, 0.4) is 0 Å². The second kappa shape index (κ2) is 5.68. The van der Waals surface area contributed by atoms with E-state index < -0.39 is 17.9 Å². The van der Waals surface area contributed by atoms with E-state index in [9.17, 15) is 9.59 Å². The number of unbranched alkanes of at least 4 members (excludes halogenated alkanes) is 2. The van der Waals surface area contributed by atoms with Crippen LogP contribution in [-0.4, -0.2) is 25.2 Å². The molecule has 0 N–H and O–H groups in total. The van der Waals surface area contributed by atoms with Crippen LogP contribution in [0.1, 0.15) is 32.6 Å². The number of hydrogen-bond acceptors (Lipinski definition) is 4. The van der Waals surface area contributed by atoms with Crippen molar-refractivity contribution in [2.24, 2.45) is 5.92 Å². The van der Waals surface area contributed by atoms with Crippen molar-refractivity contribution in [3.05, 3.63) is 12.2 Å². The van der Waals surface area contributed by atoms with E-state index in [-0.39, 0.29) is 11.7 Å². The summed E-state index contributed by atoms with van der Waals surface area (Å²) in [7, 11) is 1.31. The van der Waals surface area contributed by atoms with Crippen LogP contribution < -0.4 is 0 Å². The van der Waals surface area contributed by atoms with Crippen molar-refractivity contribution < 1.29 is 19.1 Å². The summed E-state index contributed by atoms with van der Waals surface area (Å²) in [6.07, 6.45) is 3.39. The molecule has 2 atom stereocenters. The maximum absolute atomic E-state index is 11.5. The van der Waals surface area contributed by atoms with E-state index in [1.165, 1.54) is 7.11 Å². The first-order chi connectivity index (χ1) is 7.61. The summed E-state index contributed by atoms with van der Waals surface area (Å²) in [4.78, 5) is 22.8. The first-order valence-electron chi connectivity index (χ1n) is 5.59. The summed E-state index contributed by atoms with van der Waals surface area (Å²) < 4.78 is 9.77. The molecule has 90 valence electrons. The Morgan fingerprint density at radius 3 is 2.75 bits per heavy atom. The minimum absolute atomic E-state index is 0.216. The maximum atomic E-state index is 11.5. The highest BCUT2D eigenvalue weighted by atomic mass is 16.6. The van der Waals surface area contributed by atoms with Crippen LogP contribution in [-0.2, 0) is 19.1 Å². The monoisotopic (exact) mass is 226 g/mol. The highest BCUT2D eigenvalue weighted by molar-refractivity contribution is 5.98. The van der Waals surface area contributed by atoms with Crippen molar-refractivity contribution in [1.29, 1.82) is 0 Å². The number of ether oxygens (including phenoxy) is 2. The Hall–Kier alpha value is -1.32. The van der Waals surface area contributed by atoms with Gasteiger partial charge in [0.2, 0.25) is 0 Å². The third-order valence-electron chi connectivity index (χ3n) is 2.82. The lowest BCUT2D eigenvalue weighted by molar-refractivity contribution is -0.147. The number of hydrogen-bond donors (Lipinski definition) is 0. The number of methoxy groups -OCH3 is 1. The van der Waals surface area contributed by atoms with Gasteiger partial charge in [0, 0.05) is 5.57 Å². The van der Waals surface area contributed by atoms with E-state index in [0.717, 1.165) is 19.3 Å². The molecule has 1 fully saturated rings. The third kappa shape index (κ3) is 2.62. The van der Waals surface area contributed by atoms with Gasteiger partial charge in [-0.05, 0) is 12.8 Å². The fourth-order valence-electron chi connectivity index (χ4n) is 1.87. The van der Waals surface area contributed by atoms with E-state index in [2.05, 4.69) is 18.2 Å². The molecular weight excluding hydrogens is 208 g/mol. The van der Waals surface area contributed by atoms with Gasteiger partial charge in [-0.25, -0.2) is 4.79 Å². The fraction of sp³-hybridized carbons (Fsp3) is 0.667. The van der Waals surface area contributed by atoms with Gasteiger partial charge in [0.25, 0.3) is 0 Å². The minimum atomic E-state index is -0.616. The van der Waals surface area contributed by atoms with Crippen LogP contribution in [0.2, 0.25) is 0 Å². The summed E-state index contributed by atoms with van der Waals surface area (Å²) in [5.41, 5.74) is 0.216. The highest BCUT2D eigenvalue weighted by Gasteiger charge is 2.43. The zero-order valence-electron chi connectivity index (χ0n) is 9.82. The molecule has 0 aliphatic carbocycles. The molecule has 1 aliphatic heterocycles. The molecule has 0 unspecified atom stereocenters. The molecule has 1 aliphatic rings. The van der Waals surface area contributed by atoms with E-state index in [0.29, 0.717) is 6.42 Å². The summed E-state index contributed by atoms with van der Waals surface area (Å²) in [6, 6.07) is 0. The number of carbonyl (C=O) groups excluding carboxylic acids is 2. The second-order valence-electron chi connectivity index (χ2n) is 3.97. The molecule has 0 amide bonds. The van der Waals surface area contributed by atoms with Crippen molar-refractivity contribution >= 4 is 11.9 Å². The number of esters is 2. The average molecular weight is 226 g/mol. The Balaban J connectivity index is 2.63. The van der Waals surface area contributed by atoms with Crippen molar-refractivity contribution in [2.45, 2.75) is 38.7 Å². The second-order valence-corrected chi connectivity index (χ2v) is 3.97. The van der Waals surface area contributed by atoms with Gasteiger partial charge in [-0.3, -0.25) is 4.79 Å². The molecule has 0 radical (unpaired) electrons. The Morgan fingerprint density at radius 1 is 1.50 bits per heavy atom. The molecule has 0 saturated carbocycles. The summed E-state index contributed by atoms with van der Waals surface area (Å²) in [6.45, 7) is 5.68. The lowest BCUT2D eigenvalue weighted by Crippen LogP contribution is -2.26. The van der Waals surface area contributed by atoms with Crippen LogP contribution in [0.4, 0.5) is 0 Å². The molecule has 1 rings (SSSR count). The number of cyclic esters (lactones) is 1. The lowest BCUT2D eigenvalue weighted by atomic mass is 9.94. The predicted octanol–water partition coefficient (Wildman–Crippen LogP) is 1.84. The highest BCUT2D eigenvalue weighted by Crippen LogP contribution is 2.30. The molecule has 0 bridgehead atoms. The van der Waals surface area contributed by atoms with Crippen molar-refractivity contribution in [3.63, 3.8) is 0 Å². The summed E-state index contributed by atoms with van der Waals surface area (Å²) in [5.74, 6) is -1.52. The third-order valence-corrected chi connectivity index (χ3v) is 2.82. The lowest BCUT2D eigenvalue weighted by Gasteiger charge is -2.15. The Morgan fingerprint density at radius 2 is 2.19 bits per heavy atom. The Labute approximate surface area is 95.6 Å². The van der Waals surface area contributed by atoms with E-state index in [1.807, 2.05) is 0 Å². The van der Waals surface area contributed by atoms with Gasteiger partial charge in [-0.15, -0.1) is 0 Å². The van der Waals surface area contributed by atoms with Gasteiger partial charge in [0.05, 0.1) is 7.11 Å². The SMILES string of the molecule is C=C1C(=O)O[C@H](CCCCC)[C@H]1C(=O)OC. The topological polar surface area (TPSA) is 52.6 Å². The van der Waals surface area contributed by atoms with E-state index in [1.54, 1.807) is 0 Å². The molecule has 0 aromatic carbocycles. The van der Waals surface area contributed by atoms with E-state index >= 15 is 0 Å². The first kappa shape index (κ1) is 12.7. The fourth-order valence-corrected chi connectivity index (χ4v) is 1.87. The molecule has 1 heterocycles. The van der Waals surface area contributed by atoms with Crippen LogP contribution >= 0.6 is 0 Å². The normalized spacial score (nSPS) is 24.4. The van der Waals surface area contributed by atoms with Crippen LogP contribution in [0.25, 0.3) is 0 Å². The predicted molar refractivity (Wildman–Crippen MR) is 58.7 cm³/mol. The molecule has 16 heavy (non-hydrogen) atoms. The summed E-state index contributed by atoms with van der Waals surface area (Å²) >= 11 is 0. The molecule has 0 spiro atoms. The van der Waals surface area contributed by atoms with E-state index in [4.69, 9.17) is 4.74 Å². The first-order valence-corrected chi connectivity index (χ1v) is 5.59. The maximum Gasteiger partial charge on any atom is 0.334 e. The quantitative estimate of drug-likeness (QED) is 0.408. The van der Waals surface area contributed by atoms with Crippen molar-refractivity contribution in [2.75, 3.05) is 7.11 Å². The molecule has 4 heteroatoms. The van der Waals surface area contributed by atoms with Gasteiger partial charge < -0.3 is 9.47 Å². The average Bonchev–Trinajstić information content (AvgIpc) is 2.55. The largest absolute Gasteiger partial charge is 0.468 e. The molecule has 4 nitrogen and oxygen atoms in total. The van der Waals surface area contributed by atoms with Gasteiger partial charge in [-0.2, -0.15) is 0 Å². The zero-order chi connectivity index (χ0) is 12.1. The number of rotatable bonds is 5. The molecular formula is C12H18O4. The van der Waals surface area contributed by atoms with Gasteiger partial charge in [0.15, 0.2) is 0 Å². The van der Waals surface area contributed by atoms with Crippen LogP contribution in [0.5, 0.6) is 0 Å². The van der Waals surface area contributed by atoms with Crippen LogP contribution in [0.15, 0.2) is 12.2 Å². The minimum Gasteiger partial charge on any atom is -0.468 e. The van der Waals surface area contributed by atoms with Gasteiger partial charge in [0.1, 0.15) is 12.0 Å². The molecule has 0 aromatic rings.